The lowest BCUT2D eigenvalue weighted by Crippen LogP contribution is -2.61. The molecule has 0 aromatic heterocycles. The maximum atomic E-state index is 13.9. The van der Waals surface area contributed by atoms with Gasteiger partial charge >= 0.3 is 0 Å². The van der Waals surface area contributed by atoms with Crippen molar-refractivity contribution in [2.75, 3.05) is 26.1 Å². The smallest absolute Gasteiger partial charge is 0.206 e. The quantitative estimate of drug-likeness (QED) is 0.388. The summed E-state index contributed by atoms with van der Waals surface area (Å²) in [5.41, 5.74) is 0.768. The Labute approximate surface area is 227 Å². The third-order valence-corrected chi connectivity index (χ3v) is 8.57. The van der Waals surface area contributed by atoms with Crippen molar-refractivity contribution in [3.63, 3.8) is 0 Å². The van der Waals surface area contributed by atoms with Gasteiger partial charge in [0.1, 0.15) is 17.3 Å². The molecule has 1 saturated carbocycles. The Morgan fingerprint density at radius 2 is 1.77 bits per heavy atom. The first-order valence-corrected chi connectivity index (χ1v) is 13.1. The fourth-order valence-corrected chi connectivity index (χ4v) is 6.62. The second kappa shape index (κ2) is 9.38. The maximum absolute atomic E-state index is 13.9. The molecule has 0 saturated heterocycles. The molecule has 8 heteroatoms. The number of carbonyl (C=O) groups excluding carboxylic acids is 3. The van der Waals surface area contributed by atoms with Crippen LogP contribution in [-0.4, -0.2) is 59.5 Å². The summed E-state index contributed by atoms with van der Waals surface area (Å²) < 4.78 is 5.24. The number of phenols is 1. The van der Waals surface area contributed by atoms with Crippen molar-refractivity contribution in [3.05, 3.63) is 58.2 Å². The normalized spacial score (nSPS) is 24.3. The van der Waals surface area contributed by atoms with Crippen molar-refractivity contribution in [2.45, 2.75) is 45.1 Å². The van der Waals surface area contributed by atoms with Gasteiger partial charge in [0.2, 0.25) is 11.6 Å². The van der Waals surface area contributed by atoms with Crippen molar-refractivity contribution in [3.8, 4) is 22.6 Å². The number of allylic oxidation sites excluding steroid dienone is 1. The van der Waals surface area contributed by atoms with E-state index >= 15 is 0 Å². The minimum Gasteiger partial charge on any atom is -0.507 e. The van der Waals surface area contributed by atoms with Gasteiger partial charge in [-0.25, -0.2) is 0 Å². The zero-order valence-electron chi connectivity index (χ0n) is 22.8. The van der Waals surface area contributed by atoms with Gasteiger partial charge in [-0.15, -0.1) is 0 Å². The number of nitrogens with zero attached hydrogens (tertiary/aromatic N) is 1. The first-order chi connectivity index (χ1) is 18.4. The predicted molar refractivity (Wildman–Crippen MR) is 147 cm³/mol. The largest absolute Gasteiger partial charge is 0.507 e. The number of methoxy groups -OCH3 is 1. The Balaban J connectivity index is 1.71. The number of aliphatic hydroxyl groups excluding tert-OH is 1. The average Bonchev–Trinajstić information content (AvgIpc) is 2.90. The number of benzene rings is 2. The molecule has 0 amide bonds. The van der Waals surface area contributed by atoms with Crippen LogP contribution in [0.5, 0.6) is 11.5 Å². The number of ketones is 3. The number of carbonyl (C=O) groups is 3. The Morgan fingerprint density at radius 1 is 1.10 bits per heavy atom. The van der Waals surface area contributed by atoms with Gasteiger partial charge in [-0.1, -0.05) is 24.6 Å². The summed E-state index contributed by atoms with van der Waals surface area (Å²) >= 11 is 0. The molecule has 3 aliphatic carbocycles. The first kappa shape index (κ1) is 26.7. The van der Waals surface area contributed by atoms with Gasteiger partial charge < -0.3 is 25.0 Å². The molecular weight excluding hydrogens is 498 g/mol. The molecule has 0 bridgehead atoms. The molecule has 1 fully saturated rings. The Bertz CT molecular complexity index is 1480. The highest BCUT2D eigenvalue weighted by Crippen LogP contribution is 2.54. The van der Waals surface area contributed by atoms with Crippen LogP contribution in [0.15, 0.2) is 47.1 Å². The summed E-state index contributed by atoms with van der Waals surface area (Å²) in [7, 11) is 5.30. The van der Waals surface area contributed by atoms with Gasteiger partial charge in [0.15, 0.2) is 11.4 Å². The standard InChI is InChI=1S/C31H33NO7/c1-6-16-11-19-12-18-13-22-23(32(3)4)14-21(17-7-9-20(39-5)10-8-17)27(34)26(22)28(35)25(18)30(37)31(19,38)29(36)24(16)15(2)33/h7-10,14,18-19,34-35,38H,6,11-13H2,1-5H3/t18-,19-,31-/m0/s1. The molecule has 5 rings (SSSR count). The van der Waals surface area contributed by atoms with Crippen molar-refractivity contribution in [2.24, 2.45) is 11.8 Å². The molecule has 2 aromatic rings. The molecular formula is C31H33NO7. The summed E-state index contributed by atoms with van der Waals surface area (Å²) in [5, 5.41) is 34.7. The highest BCUT2D eigenvalue weighted by molar-refractivity contribution is 6.33. The van der Waals surface area contributed by atoms with Crippen molar-refractivity contribution in [1.82, 2.24) is 0 Å². The van der Waals surface area contributed by atoms with Crippen LogP contribution < -0.4 is 9.64 Å². The summed E-state index contributed by atoms with van der Waals surface area (Å²) in [6.45, 7) is 3.11. The lowest BCUT2D eigenvalue weighted by Gasteiger charge is -2.46. The topological polar surface area (TPSA) is 124 Å². The number of fused-ring (bicyclic) bond motifs is 3. The maximum Gasteiger partial charge on any atom is 0.206 e. The van der Waals surface area contributed by atoms with Crippen LogP contribution in [0.25, 0.3) is 16.9 Å². The van der Waals surface area contributed by atoms with Crippen molar-refractivity contribution < 1.29 is 34.4 Å². The van der Waals surface area contributed by atoms with Crippen molar-refractivity contribution >= 4 is 28.8 Å². The molecule has 0 heterocycles. The predicted octanol–water partition coefficient (Wildman–Crippen LogP) is 4.16. The number of aliphatic hydroxyl groups is 2. The lowest BCUT2D eigenvalue weighted by molar-refractivity contribution is -0.157. The van der Waals surface area contributed by atoms with Gasteiger partial charge in [-0.2, -0.15) is 0 Å². The molecule has 0 spiro atoms. The van der Waals surface area contributed by atoms with E-state index in [2.05, 4.69) is 0 Å². The van der Waals surface area contributed by atoms with Crippen LogP contribution in [0.4, 0.5) is 5.69 Å². The number of phenolic OH excluding ortho intramolecular Hbond substituents is 1. The number of rotatable bonds is 5. The van der Waals surface area contributed by atoms with E-state index in [-0.39, 0.29) is 35.3 Å². The van der Waals surface area contributed by atoms with Gasteiger partial charge in [-0.3, -0.25) is 14.4 Å². The first-order valence-electron chi connectivity index (χ1n) is 13.1. The van der Waals surface area contributed by atoms with E-state index in [9.17, 15) is 29.7 Å². The highest BCUT2D eigenvalue weighted by atomic mass is 16.5. The molecule has 8 nitrogen and oxygen atoms in total. The number of hydrogen-bond donors (Lipinski definition) is 3. The summed E-state index contributed by atoms with van der Waals surface area (Å²) in [5.74, 6) is -3.39. The minimum atomic E-state index is -2.43. The van der Waals surface area contributed by atoms with Gasteiger partial charge in [0, 0.05) is 36.8 Å². The van der Waals surface area contributed by atoms with E-state index < -0.39 is 40.5 Å². The molecule has 3 atom stereocenters. The molecule has 3 aliphatic rings. The summed E-state index contributed by atoms with van der Waals surface area (Å²) in [6, 6.07) is 8.96. The fraction of sp³-hybridized carbons (Fsp3) is 0.387. The minimum absolute atomic E-state index is 0.0654. The Kier molecular flexibility index (Phi) is 6.42. The molecule has 204 valence electrons. The second-order valence-electron chi connectivity index (χ2n) is 10.9. The zero-order valence-corrected chi connectivity index (χ0v) is 22.8. The number of ether oxygens (including phenoxy) is 1. The van der Waals surface area contributed by atoms with Gasteiger partial charge in [0.25, 0.3) is 0 Å². The van der Waals surface area contributed by atoms with Crippen LogP contribution in [-0.2, 0) is 20.8 Å². The van der Waals surface area contributed by atoms with E-state index in [4.69, 9.17) is 4.74 Å². The molecule has 2 aromatic carbocycles. The highest BCUT2D eigenvalue weighted by Gasteiger charge is 2.61. The third kappa shape index (κ3) is 3.80. The molecule has 0 unspecified atom stereocenters. The second-order valence-corrected chi connectivity index (χ2v) is 10.9. The fourth-order valence-electron chi connectivity index (χ4n) is 6.62. The Morgan fingerprint density at radius 3 is 2.33 bits per heavy atom. The van der Waals surface area contributed by atoms with E-state index in [0.717, 1.165) is 5.69 Å². The van der Waals surface area contributed by atoms with Gasteiger partial charge in [-0.05, 0) is 67.9 Å². The van der Waals surface area contributed by atoms with E-state index in [1.165, 1.54) is 6.92 Å². The average molecular weight is 532 g/mol. The number of anilines is 1. The van der Waals surface area contributed by atoms with Crippen LogP contribution in [0, 0.1) is 11.8 Å². The van der Waals surface area contributed by atoms with E-state index in [0.29, 0.717) is 40.9 Å². The van der Waals surface area contributed by atoms with E-state index in [1.54, 1.807) is 31.4 Å². The molecule has 3 N–H and O–H groups in total. The van der Waals surface area contributed by atoms with E-state index in [1.807, 2.05) is 32.0 Å². The molecule has 0 aliphatic heterocycles. The number of aromatic hydroxyl groups is 1. The van der Waals surface area contributed by atoms with Crippen LogP contribution in [0.2, 0.25) is 0 Å². The lowest BCUT2D eigenvalue weighted by atomic mass is 9.57. The van der Waals surface area contributed by atoms with Crippen LogP contribution >= 0.6 is 0 Å². The van der Waals surface area contributed by atoms with Crippen molar-refractivity contribution in [1.29, 1.82) is 0 Å². The zero-order chi connectivity index (χ0) is 28.4. The molecule has 39 heavy (non-hydrogen) atoms. The SMILES string of the molecule is CCC1=C(C(C)=O)C(=O)[C@]2(O)C(=O)C3=C(O)c4c(O)c(-c5ccc(OC)cc5)cc(N(C)C)c4C[C@@H]3C[C@@H]2C1. The number of Topliss-reactive ketones (excluding diaryl/α,β-unsaturated/α-hetero) is 3. The molecule has 0 radical (unpaired) electrons. The summed E-state index contributed by atoms with van der Waals surface area (Å²) in [4.78, 5) is 41.7. The third-order valence-electron chi connectivity index (χ3n) is 8.57. The van der Waals surface area contributed by atoms with Gasteiger partial charge in [0.05, 0.1) is 18.2 Å². The number of hydrogen-bond acceptors (Lipinski definition) is 8. The monoisotopic (exact) mass is 531 g/mol. The Hall–Kier alpha value is -3.91. The van der Waals surface area contributed by atoms with Crippen LogP contribution in [0.1, 0.15) is 44.2 Å². The van der Waals surface area contributed by atoms with Crippen LogP contribution in [0.3, 0.4) is 0 Å². The summed E-state index contributed by atoms with van der Waals surface area (Å²) in [6.07, 6.45) is 1.36.